The molecular formula is C22H23F3N2O4S. The Labute approximate surface area is 187 Å². The molecule has 1 aromatic heterocycles. The number of alkyl halides is 3. The molecule has 0 aliphatic carbocycles. The first kappa shape index (κ1) is 24.1. The second kappa shape index (κ2) is 9.91. The first-order valence-electron chi connectivity index (χ1n) is 9.89. The monoisotopic (exact) mass is 468 g/mol. The summed E-state index contributed by atoms with van der Waals surface area (Å²) in [4.78, 5) is 27.7. The van der Waals surface area contributed by atoms with Crippen molar-refractivity contribution in [2.24, 2.45) is 0 Å². The highest BCUT2D eigenvalue weighted by Gasteiger charge is 2.51. The maximum Gasteiger partial charge on any atom is 0.490 e. The normalized spacial score (nSPS) is 19.1. The van der Waals surface area contributed by atoms with Crippen LogP contribution in [0.25, 0.3) is 0 Å². The van der Waals surface area contributed by atoms with Crippen LogP contribution in [0.5, 0.6) is 0 Å². The lowest BCUT2D eigenvalue weighted by atomic mass is 9.92. The Kier molecular flexibility index (Phi) is 7.45. The predicted molar refractivity (Wildman–Crippen MR) is 113 cm³/mol. The summed E-state index contributed by atoms with van der Waals surface area (Å²) in [6.45, 7) is 4.24. The number of carboxylic acids is 1. The van der Waals surface area contributed by atoms with Gasteiger partial charge in [-0.2, -0.15) is 13.2 Å². The summed E-state index contributed by atoms with van der Waals surface area (Å²) in [7, 11) is 0. The van der Waals surface area contributed by atoms with E-state index in [4.69, 9.17) is 14.6 Å². The Hall–Kier alpha value is -2.59. The van der Waals surface area contributed by atoms with Crippen molar-refractivity contribution in [1.82, 2.24) is 9.88 Å². The molecule has 1 amide bonds. The highest BCUT2D eigenvalue weighted by atomic mass is 32.2. The third kappa shape index (κ3) is 6.23. The number of ether oxygens (including phenoxy) is 1. The molecule has 2 fully saturated rings. The lowest BCUT2D eigenvalue weighted by Crippen LogP contribution is -2.60. The smallest absolute Gasteiger partial charge is 0.475 e. The van der Waals surface area contributed by atoms with Gasteiger partial charge in [0.05, 0.1) is 23.2 Å². The molecule has 1 spiro atoms. The summed E-state index contributed by atoms with van der Waals surface area (Å²) in [5.41, 5.74) is 2.89. The SMILES string of the molecule is Cc1cccc(C(=O)N2CC3(CC(OCc4ccccn4)CS3)C2)c1.O=C(O)C(F)(F)F. The third-order valence-electron chi connectivity index (χ3n) is 5.12. The van der Waals surface area contributed by atoms with Gasteiger partial charge in [-0.15, -0.1) is 11.8 Å². The van der Waals surface area contributed by atoms with Crippen LogP contribution in [0.4, 0.5) is 13.2 Å². The summed E-state index contributed by atoms with van der Waals surface area (Å²) in [5.74, 6) is -1.61. The molecule has 1 aromatic carbocycles. The minimum Gasteiger partial charge on any atom is -0.475 e. The molecule has 2 aromatic rings. The molecule has 4 rings (SSSR count). The van der Waals surface area contributed by atoms with E-state index in [2.05, 4.69) is 4.98 Å². The minimum absolute atomic E-state index is 0.146. The predicted octanol–water partition coefficient (Wildman–Crippen LogP) is 3.94. The van der Waals surface area contributed by atoms with Crippen LogP contribution in [-0.4, -0.2) is 62.7 Å². The number of carbonyl (C=O) groups excluding carboxylic acids is 1. The number of carboxylic acid groups (broad SMARTS) is 1. The van der Waals surface area contributed by atoms with Crippen LogP contribution in [-0.2, 0) is 16.1 Å². The van der Waals surface area contributed by atoms with Crippen molar-refractivity contribution in [2.75, 3.05) is 18.8 Å². The first-order chi connectivity index (χ1) is 15.1. The second-order valence-electron chi connectivity index (χ2n) is 7.79. The Morgan fingerprint density at radius 1 is 1.25 bits per heavy atom. The molecule has 172 valence electrons. The summed E-state index contributed by atoms with van der Waals surface area (Å²) in [6, 6.07) is 13.7. The number of halogens is 3. The number of nitrogens with zero attached hydrogens (tertiary/aromatic N) is 2. The van der Waals surface area contributed by atoms with E-state index in [0.29, 0.717) is 6.61 Å². The number of rotatable bonds is 4. The molecule has 2 aliphatic heterocycles. The number of hydrogen-bond acceptors (Lipinski definition) is 5. The number of hydrogen-bond donors (Lipinski definition) is 1. The van der Waals surface area contributed by atoms with Gasteiger partial charge in [-0.05, 0) is 37.6 Å². The van der Waals surface area contributed by atoms with Gasteiger partial charge in [-0.25, -0.2) is 4.79 Å². The van der Waals surface area contributed by atoms with E-state index in [0.717, 1.165) is 42.1 Å². The molecule has 0 saturated carbocycles. The quantitative estimate of drug-likeness (QED) is 0.732. The molecule has 10 heteroatoms. The molecule has 1 N–H and O–H groups in total. The van der Waals surface area contributed by atoms with E-state index in [1.807, 2.05) is 66.1 Å². The van der Waals surface area contributed by atoms with E-state index in [1.54, 1.807) is 6.20 Å². The molecule has 0 bridgehead atoms. The van der Waals surface area contributed by atoms with Gasteiger partial charge in [0, 0.05) is 30.6 Å². The van der Waals surface area contributed by atoms with Crippen molar-refractivity contribution in [2.45, 2.75) is 37.0 Å². The number of aliphatic carboxylic acids is 1. The molecular weight excluding hydrogens is 445 g/mol. The van der Waals surface area contributed by atoms with Crippen molar-refractivity contribution in [3.63, 3.8) is 0 Å². The van der Waals surface area contributed by atoms with Crippen molar-refractivity contribution in [1.29, 1.82) is 0 Å². The lowest BCUT2D eigenvalue weighted by Gasteiger charge is -2.47. The number of aromatic nitrogens is 1. The molecule has 2 saturated heterocycles. The number of thioether (sulfide) groups is 1. The maximum atomic E-state index is 12.6. The van der Waals surface area contributed by atoms with Gasteiger partial charge >= 0.3 is 12.1 Å². The van der Waals surface area contributed by atoms with Crippen molar-refractivity contribution in [3.8, 4) is 0 Å². The maximum absolute atomic E-state index is 12.6. The Balaban J connectivity index is 0.000000360. The Morgan fingerprint density at radius 3 is 2.56 bits per heavy atom. The molecule has 2 aliphatic rings. The molecule has 32 heavy (non-hydrogen) atoms. The van der Waals surface area contributed by atoms with Crippen LogP contribution in [0.3, 0.4) is 0 Å². The first-order valence-corrected chi connectivity index (χ1v) is 10.9. The molecule has 0 radical (unpaired) electrons. The zero-order valence-corrected chi connectivity index (χ0v) is 18.2. The molecule has 1 unspecified atom stereocenters. The van der Waals surface area contributed by atoms with Crippen LogP contribution < -0.4 is 0 Å². The Morgan fingerprint density at radius 2 is 1.97 bits per heavy atom. The van der Waals surface area contributed by atoms with Crippen LogP contribution in [0.15, 0.2) is 48.7 Å². The van der Waals surface area contributed by atoms with Crippen LogP contribution in [0, 0.1) is 6.92 Å². The lowest BCUT2D eigenvalue weighted by molar-refractivity contribution is -0.192. The van der Waals surface area contributed by atoms with E-state index >= 15 is 0 Å². The van der Waals surface area contributed by atoms with Crippen LogP contribution >= 0.6 is 11.8 Å². The Bertz CT molecular complexity index is 950. The average molecular weight is 468 g/mol. The van der Waals surface area contributed by atoms with Gasteiger partial charge in [0.15, 0.2) is 0 Å². The second-order valence-corrected chi connectivity index (χ2v) is 9.27. The molecule has 3 heterocycles. The number of pyridine rings is 1. The topological polar surface area (TPSA) is 79.7 Å². The van der Waals surface area contributed by atoms with Gasteiger partial charge in [-0.1, -0.05) is 23.8 Å². The molecule has 1 atom stereocenters. The largest absolute Gasteiger partial charge is 0.490 e. The third-order valence-corrected chi connectivity index (χ3v) is 6.70. The summed E-state index contributed by atoms with van der Waals surface area (Å²) >= 11 is 1.95. The number of carbonyl (C=O) groups is 2. The zero-order chi connectivity index (χ0) is 23.4. The fraction of sp³-hybridized carbons (Fsp3) is 0.409. The van der Waals surface area contributed by atoms with Crippen molar-refractivity contribution in [3.05, 3.63) is 65.5 Å². The summed E-state index contributed by atoms with van der Waals surface area (Å²) < 4.78 is 38.0. The summed E-state index contributed by atoms with van der Waals surface area (Å²) in [5, 5.41) is 7.12. The number of likely N-dealkylation sites (tertiary alicyclic amines) is 1. The average Bonchev–Trinajstić information content (AvgIpc) is 3.16. The van der Waals surface area contributed by atoms with Crippen LogP contribution in [0.2, 0.25) is 0 Å². The van der Waals surface area contributed by atoms with E-state index in [1.165, 1.54) is 0 Å². The van der Waals surface area contributed by atoms with E-state index in [-0.39, 0.29) is 16.8 Å². The summed E-state index contributed by atoms with van der Waals surface area (Å²) in [6.07, 6.45) is -2.02. The number of benzene rings is 1. The number of aryl methyl sites for hydroxylation is 1. The fourth-order valence-electron chi connectivity index (χ4n) is 3.57. The van der Waals surface area contributed by atoms with Gasteiger partial charge < -0.3 is 14.7 Å². The van der Waals surface area contributed by atoms with Gasteiger partial charge in [-0.3, -0.25) is 9.78 Å². The van der Waals surface area contributed by atoms with Gasteiger partial charge in [0.2, 0.25) is 0 Å². The van der Waals surface area contributed by atoms with Crippen molar-refractivity contribution < 1.29 is 32.6 Å². The standard InChI is InChI=1S/C20H22N2O2S.C2HF3O2/c1-15-5-4-6-16(9-15)19(23)22-13-20(14-22)10-18(12-25-20)24-11-17-7-2-3-8-21-17;3-2(4,5)1(6)7/h2-9,18H,10-14H2,1H3;(H,6,7). The fourth-order valence-corrected chi connectivity index (χ4v) is 5.12. The van der Waals surface area contributed by atoms with E-state index < -0.39 is 12.1 Å². The van der Waals surface area contributed by atoms with E-state index in [9.17, 15) is 18.0 Å². The van der Waals surface area contributed by atoms with Crippen LogP contribution in [0.1, 0.15) is 28.0 Å². The van der Waals surface area contributed by atoms with Crippen molar-refractivity contribution >= 4 is 23.6 Å². The minimum atomic E-state index is -5.08. The number of amides is 1. The molecule has 6 nitrogen and oxygen atoms in total. The zero-order valence-electron chi connectivity index (χ0n) is 17.3. The highest BCUT2D eigenvalue weighted by molar-refractivity contribution is 8.01. The highest BCUT2D eigenvalue weighted by Crippen LogP contribution is 2.46. The van der Waals surface area contributed by atoms with Gasteiger partial charge in [0.1, 0.15) is 0 Å². The van der Waals surface area contributed by atoms with Gasteiger partial charge in [0.25, 0.3) is 5.91 Å².